The Labute approximate surface area is 221 Å². The molecule has 2 bridgehead atoms. The van der Waals surface area contributed by atoms with Crippen LogP contribution in [0.15, 0.2) is 54.3 Å². The third kappa shape index (κ3) is 3.49. The number of carbonyl (C=O) groups is 2. The lowest BCUT2D eigenvalue weighted by Crippen LogP contribution is -2.74. The molecule has 5 atom stereocenters. The van der Waals surface area contributed by atoms with Crippen molar-refractivity contribution in [2.24, 2.45) is 0 Å². The Morgan fingerprint density at radius 3 is 2.79 bits per heavy atom. The Balaban J connectivity index is 1.20. The molecule has 0 radical (unpaired) electrons. The number of likely N-dealkylation sites (tertiary alicyclic amines) is 1. The van der Waals surface area contributed by atoms with E-state index < -0.39 is 35.1 Å². The third-order valence-corrected chi connectivity index (χ3v) is 8.78. The smallest absolute Gasteiger partial charge is 0.312 e. The van der Waals surface area contributed by atoms with Gasteiger partial charge in [-0.2, -0.15) is 0 Å². The molecule has 0 saturated carbocycles. The highest BCUT2D eigenvalue weighted by Gasteiger charge is 2.72. The van der Waals surface area contributed by atoms with Crippen LogP contribution in [0.2, 0.25) is 0 Å². The molecule has 38 heavy (non-hydrogen) atoms. The van der Waals surface area contributed by atoms with Gasteiger partial charge in [0.05, 0.1) is 24.5 Å². The number of amides is 1. The zero-order chi connectivity index (χ0) is 26.7. The summed E-state index contributed by atoms with van der Waals surface area (Å²) in [6.07, 6.45) is 1.39. The van der Waals surface area contributed by atoms with Gasteiger partial charge in [0.15, 0.2) is 23.7 Å². The molecule has 200 valence electrons. The molecule has 1 fully saturated rings. The lowest BCUT2D eigenvalue weighted by molar-refractivity contribution is -0.169. The fourth-order valence-corrected chi connectivity index (χ4v) is 6.94. The second-order valence-electron chi connectivity index (χ2n) is 10.6. The number of aliphatic hydroxyl groups is 2. The molecule has 4 aliphatic rings. The van der Waals surface area contributed by atoms with E-state index in [9.17, 15) is 19.8 Å². The van der Waals surface area contributed by atoms with Gasteiger partial charge >= 0.3 is 5.97 Å². The third-order valence-electron chi connectivity index (χ3n) is 8.78. The average Bonchev–Trinajstić information content (AvgIpc) is 3.28. The number of benzene rings is 2. The molecule has 2 aromatic rings. The van der Waals surface area contributed by atoms with E-state index in [1.165, 1.54) is 0 Å². The first-order chi connectivity index (χ1) is 18.3. The van der Waals surface area contributed by atoms with Gasteiger partial charge in [0, 0.05) is 24.6 Å². The van der Waals surface area contributed by atoms with Crippen molar-refractivity contribution in [2.75, 3.05) is 27.2 Å². The molecule has 1 saturated heterocycles. The number of methoxy groups -OCH3 is 1. The number of piperidine rings is 1. The van der Waals surface area contributed by atoms with Crippen molar-refractivity contribution in [1.29, 1.82) is 0 Å². The van der Waals surface area contributed by atoms with Crippen molar-refractivity contribution < 1.29 is 34.0 Å². The van der Waals surface area contributed by atoms with Crippen LogP contribution in [-0.4, -0.2) is 72.0 Å². The molecule has 2 aromatic carbocycles. The quantitative estimate of drug-likeness (QED) is 0.473. The predicted octanol–water partition coefficient (Wildman–Crippen LogP) is 1.76. The van der Waals surface area contributed by atoms with Gasteiger partial charge in [-0.15, -0.1) is 0 Å². The highest BCUT2D eigenvalue weighted by molar-refractivity contribution is 5.82. The zero-order valence-corrected chi connectivity index (χ0v) is 21.5. The van der Waals surface area contributed by atoms with E-state index in [-0.39, 0.29) is 19.0 Å². The number of carbonyl (C=O) groups excluding carboxylic acids is 2. The first kappa shape index (κ1) is 24.9. The summed E-state index contributed by atoms with van der Waals surface area (Å²) in [5.41, 5.74) is 0.741. The molecule has 0 unspecified atom stereocenters. The lowest BCUT2D eigenvalue weighted by Gasteiger charge is -2.61. The van der Waals surface area contributed by atoms with Gasteiger partial charge in [0.25, 0.3) is 5.91 Å². The van der Waals surface area contributed by atoms with Crippen molar-refractivity contribution in [3.8, 4) is 11.5 Å². The van der Waals surface area contributed by atoms with Gasteiger partial charge < -0.3 is 34.6 Å². The first-order valence-electron chi connectivity index (χ1n) is 13.0. The van der Waals surface area contributed by atoms with Crippen LogP contribution in [0.3, 0.4) is 0 Å². The fourth-order valence-electron chi connectivity index (χ4n) is 6.94. The highest BCUT2D eigenvalue weighted by atomic mass is 16.6. The summed E-state index contributed by atoms with van der Waals surface area (Å²) in [4.78, 5) is 27.4. The van der Waals surface area contributed by atoms with Gasteiger partial charge in [-0.05, 0) is 49.7 Å². The number of aliphatic hydroxyl groups excluding tert-OH is 1. The molecular weight excluding hydrogens is 488 g/mol. The minimum atomic E-state index is -1.32. The Morgan fingerprint density at radius 2 is 2.03 bits per heavy atom. The van der Waals surface area contributed by atoms with Crippen molar-refractivity contribution in [2.45, 2.75) is 54.9 Å². The van der Waals surface area contributed by atoms with E-state index in [1.807, 2.05) is 19.2 Å². The van der Waals surface area contributed by atoms with Crippen LogP contribution in [0.4, 0.5) is 0 Å². The van der Waals surface area contributed by atoms with Crippen LogP contribution in [0.25, 0.3) is 0 Å². The lowest BCUT2D eigenvalue weighted by atomic mass is 9.50. The molecule has 3 N–H and O–H groups in total. The number of ether oxygens (including phenoxy) is 3. The minimum Gasteiger partial charge on any atom is -0.493 e. The summed E-state index contributed by atoms with van der Waals surface area (Å²) in [7, 11) is 3.63. The van der Waals surface area contributed by atoms with Crippen LogP contribution in [-0.2, 0) is 26.2 Å². The van der Waals surface area contributed by atoms with Gasteiger partial charge in [-0.1, -0.05) is 36.4 Å². The van der Waals surface area contributed by atoms with Crippen LogP contribution < -0.4 is 14.8 Å². The Hall–Kier alpha value is -3.40. The number of hydrogen-bond donors (Lipinski definition) is 3. The molecule has 9 nitrogen and oxygen atoms in total. The van der Waals surface area contributed by atoms with E-state index in [0.717, 1.165) is 17.7 Å². The molecule has 9 heteroatoms. The maximum absolute atomic E-state index is 12.9. The zero-order valence-electron chi connectivity index (χ0n) is 21.5. The number of rotatable bonds is 7. The standard InChI is InChI=1S/C29H32N2O7/c1-31-15-13-28-23-18-8-9-19(36-2)25(23)38-26(28)20(10-12-29(28,35)21(31)16-18)37-22(32)11-14-30-27(34)24(33)17-6-4-3-5-7-17/h3-10,21,24,26,33,35H,11-16H2,1-2H3,(H,30,34)/t21-,24-,26-,28-,29+/m0/s1. The summed E-state index contributed by atoms with van der Waals surface area (Å²) in [6, 6.07) is 12.4. The summed E-state index contributed by atoms with van der Waals surface area (Å²) in [5, 5.41) is 25.1. The largest absolute Gasteiger partial charge is 0.493 e. The highest BCUT2D eigenvalue weighted by Crippen LogP contribution is 2.65. The van der Waals surface area contributed by atoms with Gasteiger partial charge in [-0.3, -0.25) is 9.59 Å². The minimum absolute atomic E-state index is 0.0144. The van der Waals surface area contributed by atoms with Crippen LogP contribution in [0.1, 0.15) is 42.1 Å². The SMILES string of the molecule is COc1ccc2c3c1O[C@H]1C(OC(=O)CCNC(=O)[C@@H](O)c4ccccc4)=CC[C@@]4(O)[C@H](C2)N(C)CC[C@]314. The normalized spacial score (nSPS) is 29.4. The summed E-state index contributed by atoms with van der Waals surface area (Å²) < 4.78 is 17.9. The van der Waals surface area contributed by atoms with E-state index in [1.54, 1.807) is 43.5 Å². The second-order valence-corrected chi connectivity index (χ2v) is 10.6. The first-order valence-corrected chi connectivity index (χ1v) is 13.0. The van der Waals surface area contributed by atoms with E-state index in [0.29, 0.717) is 42.1 Å². The van der Waals surface area contributed by atoms with E-state index >= 15 is 0 Å². The molecule has 2 heterocycles. The number of nitrogens with one attached hydrogen (secondary N) is 1. The van der Waals surface area contributed by atoms with Crippen molar-refractivity contribution in [1.82, 2.24) is 10.2 Å². The molecule has 6 rings (SSSR count). The van der Waals surface area contributed by atoms with Gasteiger partial charge in [0.1, 0.15) is 5.76 Å². The summed E-state index contributed by atoms with van der Waals surface area (Å²) in [5.74, 6) is 0.475. The molecule has 1 spiro atoms. The predicted molar refractivity (Wildman–Crippen MR) is 137 cm³/mol. The van der Waals surface area contributed by atoms with E-state index in [4.69, 9.17) is 14.2 Å². The maximum Gasteiger partial charge on any atom is 0.312 e. The number of hydrogen-bond acceptors (Lipinski definition) is 8. The van der Waals surface area contributed by atoms with Crippen molar-refractivity contribution in [3.05, 3.63) is 71.0 Å². The fraction of sp³-hybridized carbons (Fsp3) is 0.448. The van der Waals surface area contributed by atoms with Gasteiger partial charge in [-0.25, -0.2) is 0 Å². The van der Waals surface area contributed by atoms with Crippen LogP contribution in [0, 0.1) is 0 Å². The maximum atomic E-state index is 12.9. The number of nitrogens with zero attached hydrogens (tertiary/aromatic N) is 1. The average molecular weight is 521 g/mol. The molecule has 2 aliphatic carbocycles. The summed E-state index contributed by atoms with van der Waals surface area (Å²) >= 11 is 0. The molecule has 0 aromatic heterocycles. The number of likely N-dealkylation sites (N-methyl/N-ethyl adjacent to an activating group) is 1. The van der Waals surface area contributed by atoms with Crippen molar-refractivity contribution >= 4 is 11.9 Å². The molecular formula is C29H32N2O7. The second kappa shape index (κ2) is 9.11. The Morgan fingerprint density at radius 1 is 1.24 bits per heavy atom. The topological polar surface area (TPSA) is 118 Å². The van der Waals surface area contributed by atoms with Crippen LogP contribution >= 0.6 is 0 Å². The monoisotopic (exact) mass is 520 g/mol. The number of esters is 1. The van der Waals surface area contributed by atoms with E-state index in [2.05, 4.69) is 10.2 Å². The molecule has 1 amide bonds. The molecule has 2 aliphatic heterocycles. The van der Waals surface area contributed by atoms with Crippen molar-refractivity contribution in [3.63, 3.8) is 0 Å². The van der Waals surface area contributed by atoms with Crippen LogP contribution in [0.5, 0.6) is 11.5 Å². The Bertz CT molecular complexity index is 1310. The van der Waals surface area contributed by atoms with Gasteiger partial charge in [0.2, 0.25) is 0 Å². The summed E-state index contributed by atoms with van der Waals surface area (Å²) in [6.45, 7) is 0.792. The Kier molecular flexibility index (Phi) is 5.97.